The first-order chi connectivity index (χ1) is 8.69. The molecule has 1 atom stereocenters. The number of aryl methyl sites for hydroxylation is 1. The van der Waals surface area contributed by atoms with Gasteiger partial charge in [0.1, 0.15) is 5.76 Å². The van der Waals surface area contributed by atoms with Crippen molar-refractivity contribution in [3.63, 3.8) is 0 Å². The van der Waals surface area contributed by atoms with E-state index in [1.165, 1.54) is 6.07 Å². The van der Waals surface area contributed by atoms with Crippen molar-refractivity contribution < 1.29 is 13.2 Å². The number of furan rings is 1. The lowest BCUT2D eigenvalue weighted by Crippen LogP contribution is -2.20. The summed E-state index contributed by atoms with van der Waals surface area (Å²) in [5, 5.41) is 3.00. The van der Waals surface area contributed by atoms with Gasteiger partial charge in [0, 0.05) is 17.5 Å². The van der Waals surface area contributed by atoms with Crippen molar-refractivity contribution in [3.8, 4) is 0 Å². The quantitative estimate of drug-likeness (QED) is 0.900. The Labute approximate surface area is 105 Å². The molecule has 0 fully saturated rings. The topological polar surface area (TPSA) is 25.2 Å². The van der Waals surface area contributed by atoms with Gasteiger partial charge in [-0.15, -0.1) is 0 Å². The summed E-state index contributed by atoms with van der Waals surface area (Å²) in [6, 6.07) is 5.57. The van der Waals surface area contributed by atoms with Gasteiger partial charge in [-0.1, -0.05) is 19.1 Å². The molecule has 2 rings (SSSR count). The van der Waals surface area contributed by atoms with E-state index in [2.05, 4.69) is 5.32 Å². The molecule has 0 saturated carbocycles. The number of nitrogens with one attached hydrogen (secondary N) is 1. The summed E-state index contributed by atoms with van der Waals surface area (Å²) in [5.74, 6) is -0.882. The Morgan fingerprint density at radius 3 is 2.67 bits per heavy atom. The van der Waals surface area contributed by atoms with Crippen molar-refractivity contribution in [3.05, 3.63) is 59.1 Å². The first kappa shape index (κ1) is 12.8. The molecule has 4 heteroatoms. The van der Waals surface area contributed by atoms with Gasteiger partial charge >= 0.3 is 0 Å². The predicted octanol–water partition coefficient (Wildman–Crippen LogP) is 3.43. The molecule has 2 aromatic rings. The molecule has 0 amide bonds. The molecule has 18 heavy (non-hydrogen) atoms. The summed E-state index contributed by atoms with van der Waals surface area (Å²) >= 11 is 0. The second-order valence-electron chi connectivity index (χ2n) is 4.02. The average molecular weight is 251 g/mol. The monoisotopic (exact) mass is 251 g/mol. The molecule has 1 aromatic heterocycles. The van der Waals surface area contributed by atoms with Crippen LogP contribution in [0.2, 0.25) is 0 Å². The molecule has 2 nitrogen and oxygen atoms in total. The van der Waals surface area contributed by atoms with E-state index < -0.39 is 17.7 Å². The van der Waals surface area contributed by atoms with Crippen LogP contribution in [-0.4, -0.2) is 7.05 Å². The molecule has 1 N–H and O–H groups in total. The van der Waals surface area contributed by atoms with Crippen LogP contribution in [-0.2, 0) is 6.42 Å². The van der Waals surface area contributed by atoms with Crippen molar-refractivity contribution in [2.45, 2.75) is 19.4 Å². The van der Waals surface area contributed by atoms with Crippen molar-refractivity contribution in [1.82, 2.24) is 5.32 Å². The van der Waals surface area contributed by atoms with Crippen LogP contribution in [0.5, 0.6) is 0 Å². The lowest BCUT2D eigenvalue weighted by molar-refractivity contribution is 0.479. The van der Waals surface area contributed by atoms with E-state index >= 15 is 0 Å². The normalized spacial score (nSPS) is 12.7. The van der Waals surface area contributed by atoms with Crippen LogP contribution in [0.15, 0.2) is 34.9 Å². The fourth-order valence-electron chi connectivity index (χ4n) is 2.12. The summed E-state index contributed by atoms with van der Waals surface area (Å²) in [5.41, 5.74) is 1.12. The summed E-state index contributed by atoms with van der Waals surface area (Å²) in [6.07, 6.45) is 2.27. The Morgan fingerprint density at radius 1 is 1.22 bits per heavy atom. The van der Waals surface area contributed by atoms with Gasteiger partial charge in [-0.2, -0.15) is 0 Å². The number of hydrogen-bond acceptors (Lipinski definition) is 2. The summed E-state index contributed by atoms with van der Waals surface area (Å²) in [7, 11) is 1.71. The molecule has 0 spiro atoms. The van der Waals surface area contributed by atoms with Crippen LogP contribution >= 0.6 is 0 Å². The molecule has 0 bridgehead atoms. The molecule has 0 radical (unpaired) electrons. The molecule has 1 aromatic carbocycles. The molecule has 0 aliphatic rings. The highest BCUT2D eigenvalue weighted by atomic mass is 19.2. The number of hydrogen-bond donors (Lipinski definition) is 1. The molecular formula is C14H15F2NO. The summed E-state index contributed by atoms with van der Waals surface area (Å²) in [6.45, 7) is 1.96. The zero-order valence-corrected chi connectivity index (χ0v) is 10.3. The SMILES string of the molecule is CCc1occc1C(NC)c1cccc(F)c1F. The Kier molecular flexibility index (Phi) is 3.77. The van der Waals surface area contributed by atoms with E-state index in [1.54, 1.807) is 25.4 Å². The van der Waals surface area contributed by atoms with E-state index in [0.717, 1.165) is 17.4 Å². The van der Waals surface area contributed by atoms with Gasteiger partial charge in [-0.05, 0) is 19.2 Å². The zero-order chi connectivity index (χ0) is 13.1. The molecule has 1 unspecified atom stereocenters. The fourth-order valence-corrected chi connectivity index (χ4v) is 2.12. The number of halogens is 2. The first-order valence-corrected chi connectivity index (χ1v) is 5.86. The van der Waals surface area contributed by atoms with Crippen LogP contribution in [0.1, 0.15) is 29.9 Å². The predicted molar refractivity (Wildman–Crippen MR) is 65.3 cm³/mol. The fraction of sp³-hybridized carbons (Fsp3) is 0.286. The van der Waals surface area contributed by atoms with Gasteiger partial charge in [-0.3, -0.25) is 0 Å². The number of rotatable bonds is 4. The van der Waals surface area contributed by atoms with E-state index in [1.807, 2.05) is 6.92 Å². The lowest BCUT2D eigenvalue weighted by Gasteiger charge is -2.17. The van der Waals surface area contributed by atoms with Gasteiger partial charge in [0.25, 0.3) is 0 Å². The zero-order valence-electron chi connectivity index (χ0n) is 10.3. The molecule has 0 saturated heterocycles. The van der Waals surface area contributed by atoms with Crippen LogP contribution < -0.4 is 5.32 Å². The van der Waals surface area contributed by atoms with Crippen LogP contribution in [0.3, 0.4) is 0 Å². The minimum absolute atomic E-state index is 0.286. The van der Waals surface area contributed by atoms with Gasteiger partial charge < -0.3 is 9.73 Å². The molecule has 0 aliphatic carbocycles. The molecule has 96 valence electrons. The highest BCUT2D eigenvalue weighted by Crippen LogP contribution is 2.28. The smallest absolute Gasteiger partial charge is 0.163 e. The van der Waals surface area contributed by atoms with Crippen LogP contribution in [0, 0.1) is 11.6 Å². The van der Waals surface area contributed by atoms with Crippen LogP contribution in [0.25, 0.3) is 0 Å². The Morgan fingerprint density at radius 2 is 2.00 bits per heavy atom. The number of benzene rings is 1. The van der Waals surface area contributed by atoms with Gasteiger partial charge in [0.2, 0.25) is 0 Å². The highest BCUT2D eigenvalue weighted by molar-refractivity contribution is 5.34. The largest absolute Gasteiger partial charge is 0.469 e. The van der Waals surface area contributed by atoms with E-state index in [0.29, 0.717) is 6.42 Å². The summed E-state index contributed by atoms with van der Waals surface area (Å²) < 4.78 is 32.4. The third-order valence-electron chi connectivity index (χ3n) is 2.99. The third-order valence-corrected chi connectivity index (χ3v) is 2.99. The average Bonchev–Trinajstić information content (AvgIpc) is 2.83. The van der Waals surface area contributed by atoms with Crippen molar-refractivity contribution >= 4 is 0 Å². The lowest BCUT2D eigenvalue weighted by atomic mass is 9.98. The van der Waals surface area contributed by atoms with Gasteiger partial charge in [0.15, 0.2) is 11.6 Å². The maximum absolute atomic E-state index is 13.8. The molecule has 0 aliphatic heterocycles. The minimum Gasteiger partial charge on any atom is -0.469 e. The molecule has 1 heterocycles. The van der Waals surface area contributed by atoms with Crippen molar-refractivity contribution in [2.24, 2.45) is 0 Å². The maximum Gasteiger partial charge on any atom is 0.163 e. The minimum atomic E-state index is -0.839. The van der Waals surface area contributed by atoms with E-state index in [-0.39, 0.29) is 5.56 Å². The highest BCUT2D eigenvalue weighted by Gasteiger charge is 2.21. The van der Waals surface area contributed by atoms with E-state index in [9.17, 15) is 8.78 Å². The Hall–Kier alpha value is -1.68. The van der Waals surface area contributed by atoms with Crippen LogP contribution in [0.4, 0.5) is 8.78 Å². The standard InChI is InChI=1S/C14H15F2NO/c1-3-12-9(7-8-18-12)14(17-2)10-5-4-6-11(15)13(10)16/h4-8,14,17H,3H2,1-2H3. The van der Waals surface area contributed by atoms with Crippen molar-refractivity contribution in [2.75, 3.05) is 7.05 Å². The molecular weight excluding hydrogens is 236 g/mol. The Bertz CT molecular complexity index is 536. The maximum atomic E-state index is 13.8. The van der Waals surface area contributed by atoms with Gasteiger partial charge in [-0.25, -0.2) is 8.78 Å². The second-order valence-corrected chi connectivity index (χ2v) is 4.02. The van der Waals surface area contributed by atoms with Gasteiger partial charge in [0.05, 0.1) is 12.3 Å². The Balaban J connectivity index is 2.49. The van der Waals surface area contributed by atoms with Crippen molar-refractivity contribution in [1.29, 1.82) is 0 Å². The summed E-state index contributed by atoms with van der Waals surface area (Å²) in [4.78, 5) is 0. The second kappa shape index (κ2) is 5.31. The third kappa shape index (κ3) is 2.16. The first-order valence-electron chi connectivity index (χ1n) is 5.86. The van der Waals surface area contributed by atoms with E-state index in [4.69, 9.17) is 4.42 Å².